The summed E-state index contributed by atoms with van der Waals surface area (Å²) < 4.78 is 29.2. The van der Waals surface area contributed by atoms with Crippen LogP contribution in [0.25, 0.3) is 0 Å². The van der Waals surface area contributed by atoms with Crippen LogP contribution in [0.5, 0.6) is 0 Å². The Hall–Kier alpha value is 0.0500. The molecule has 0 N–H and O–H groups in total. The van der Waals surface area contributed by atoms with E-state index in [0.717, 1.165) is 30.4 Å². The Morgan fingerprint density at radius 1 is 1.29 bits per heavy atom. The van der Waals surface area contributed by atoms with Crippen molar-refractivity contribution in [3.8, 4) is 0 Å². The predicted octanol–water partition coefficient (Wildman–Crippen LogP) is 3.32. The van der Waals surface area contributed by atoms with Gasteiger partial charge in [-0.2, -0.15) is 4.31 Å². The van der Waals surface area contributed by atoms with Crippen molar-refractivity contribution in [3.05, 3.63) is 27.1 Å². The molecule has 1 fully saturated rings. The van der Waals surface area contributed by atoms with E-state index in [1.54, 1.807) is 22.5 Å². The van der Waals surface area contributed by atoms with E-state index in [9.17, 15) is 8.42 Å². The normalized spacial score (nSPS) is 22.2. The van der Waals surface area contributed by atoms with Crippen LogP contribution in [0.3, 0.4) is 0 Å². The molecule has 0 amide bonds. The van der Waals surface area contributed by atoms with Crippen LogP contribution in [-0.4, -0.2) is 50.3 Å². The molecule has 1 aromatic carbocycles. The lowest BCUT2D eigenvalue weighted by molar-refractivity contribution is 0.270. The fourth-order valence-electron chi connectivity index (χ4n) is 2.68. The van der Waals surface area contributed by atoms with E-state index in [4.69, 9.17) is 0 Å². The highest BCUT2D eigenvalue weighted by atomic mass is 79.9. The van der Waals surface area contributed by atoms with Crippen LogP contribution in [-0.2, 0) is 10.0 Å². The zero-order valence-corrected chi connectivity index (χ0v) is 16.2. The highest BCUT2D eigenvalue weighted by molar-refractivity contribution is 9.11. The van der Waals surface area contributed by atoms with Crippen LogP contribution in [0.4, 0.5) is 0 Å². The van der Waals surface area contributed by atoms with E-state index in [0.29, 0.717) is 15.9 Å². The molecule has 1 heterocycles. The van der Waals surface area contributed by atoms with Crippen molar-refractivity contribution in [2.24, 2.45) is 0 Å². The van der Waals surface area contributed by atoms with E-state index in [-0.39, 0.29) is 6.04 Å². The molecule has 0 aliphatic carbocycles. The number of sulfonamides is 1. The lowest BCUT2D eigenvalue weighted by Gasteiger charge is -2.29. The maximum Gasteiger partial charge on any atom is 0.244 e. The molecule has 1 unspecified atom stereocenters. The second kappa shape index (κ2) is 7.08. The topological polar surface area (TPSA) is 40.6 Å². The highest BCUT2D eigenvalue weighted by Crippen LogP contribution is 2.30. The lowest BCUT2D eigenvalue weighted by atomic mass is 10.2. The summed E-state index contributed by atoms with van der Waals surface area (Å²) in [5.41, 5.74) is 0. The smallest absolute Gasteiger partial charge is 0.244 e. The maximum atomic E-state index is 13.0. The van der Waals surface area contributed by atoms with Crippen molar-refractivity contribution in [1.29, 1.82) is 0 Å². The average Bonchev–Trinajstić information content (AvgIpc) is 2.59. The van der Waals surface area contributed by atoms with Gasteiger partial charge >= 0.3 is 0 Å². The summed E-state index contributed by atoms with van der Waals surface area (Å²) in [5, 5.41) is 0. The average molecular weight is 440 g/mol. The largest absolute Gasteiger partial charge is 0.305 e. The van der Waals surface area contributed by atoms with Gasteiger partial charge < -0.3 is 4.90 Å². The second-order valence-electron chi connectivity index (χ2n) is 5.37. The molecule has 0 saturated carbocycles. The van der Waals surface area contributed by atoms with Gasteiger partial charge in [0.1, 0.15) is 0 Å². The van der Waals surface area contributed by atoms with Gasteiger partial charge in [0.25, 0.3) is 0 Å². The van der Waals surface area contributed by atoms with E-state index >= 15 is 0 Å². The summed E-state index contributed by atoms with van der Waals surface area (Å²) >= 11 is 6.74. The fraction of sp³-hybridized carbons (Fsp3) is 0.571. The molecular weight excluding hydrogens is 420 g/mol. The molecule has 0 bridgehead atoms. The Morgan fingerprint density at radius 3 is 2.62 bits per heavy atom. The Balaban J connectivity index is 2.41. The summed E-state index contributed by atoms with van der Waals surface area (Å²) in [6, 6.07) is 5.23. The standard InChI is InChI=1S/C14H20Br2N2O2S/c1-3-12-10-17(2)7-4-8-18(12)21(19,20)14-6-5-11(15)9-13(14)16/h5-6,9,12H,3-4,7-8,10H2,1-2H3. The Kier molecular flexibility index (Phi) is 5.87. The van der Waals surface area contributed by atoms with Crippen molar-refractivity contribution in [2.45, 2.75) is 30.7 Å². The lowest BCUT2D eigenvalue weighted by Crippen LogP contribution is -2.43. The minimum absolute atomic E-state index is 0.0260. The molecule has 4 nitrogen and oxygen atoms in total. The van der Waals surface area contributed by atoms with Gasteiger partial charge in [-0.3, -0.25) is 0 Å². The van der Waals surface area contributed by atoms with Gasteiger partial charge in [0.05, 0.1) is 4.90 Å². The first kappa shape index (κ1) is 17.4. The first-order valence-corrected chi connectivity index (χ1v) is 10.0. The molecule has 0 spiro atoms. The highest BCUT2D eigenvalue weighted by Gasteiger charge is 2.33. The number of hydrogen-bond acceptors (Lipinski definition) is 3. The summed E-state index contributed by atoms with van der Waals surface area (Å²) in [7, 11) is -1.43. The number of hydrogen-bond donors (Lipinski definition) is 0. The van der Waals surface area contributed by atoms with E-state index in [1.807, 2.05) is 14.0 Å². The first-order valence-electron chi connectivity index (χ1n) is 7.01. The third-order valence-electron chi connectivity index (χ3n) is 3.80. The Bertz CT molecular complexity index is 607. The molecule has 1 aromatic rings. The third-order valence-corrected chi connectivity index (χ3v) is 7.22. The summed E-state index contributed by atoms with van der Waals surface area (Å²) in [4.78, 5) is 2.55. The van der Waals surface area contributed by atoms with Crippen molar-refractivity contribution < 1.29 is 8.42 Å². The summed E-state index contributed by atoms with van der Waals surface area (Å²) in [6.07, 6.45) is 1.68. The number of nitrogens with zero attached hydrogens (tertiary/aromatic N) is 2. The fourth-order valence-corrected chi connectivity index (χ4v) is 6.12. The van der Waals surface area contributed by atoms with E-state index in [1.165, 1.54) is 0 Å². The predicted molar refractivity (Wildman–Crippen MR) is 91.9 cm³/mol. The summed E-state index contributed by atoms with van der Waals surface area (Å²) in [5.74, 6) is 0. The summed E-state index contributed by atoms with van der Waals surface area (Å²) in [6.45, 7) is 4.34. The van der Waals surface area contributed by atoms with Crippen LogP contribution in [0.1, 0.15) is 19.8 Å². The molecule has 1 atom stereocenters. The monoisotopic (exact) mass is 438 g/mol. The van der Waals surface area contributed by atoms with Gasteiger partial charge in [0.2, 0.25) is 10.0 Å². The van der Waals surface area contributed by atoms with Crippen LogP contribution in [0, 0.1) is 0 Å². The second-order valence-corrected chi connectivity index (χ2v) is 9.00. The van der Waals surface area contributed by atoms with Gasteiger partial charge in [-0.25, -0.2) is 8.42 Å². The van der Waals surface area contributed by atoms with Gasteiger partial charge in [0.15, 0.2) is 0 Å². The number of halogens is 2. The molecule has 2 rings (SSSR count). The van der Waals surface area contributed by atoms with Gasteiger partial charge in [-0.15, -0.1) is 0 Å². The van der Waals surface area contributed by atoms with Crippen molar-refractivity contribution in [2.75, 3.05) is 26.7 Å². The molecule has 118 valence electrons. The van der Waals surface area contributed by atoms with Crippen LogP contribution in [0.2, 0.25) is 0 Å². The molecule has 21 heavy (non-hydrogen) atoms. The molecule has 0 radical (unpaired) electrons. The van der Waals surface area contributed by atoms with E-state index in [2.05, 4.69) is 36.8 Å². The van der Waals surface area contributed by atoms with Crippen LogP contribution >= 0.6 is 31.9 Å². The van der Waals surface area contributed by atoms with Gasteiger partial charge in [-0.05, 0) is 60.6 Å². The number of benzene rings is 1. The van der Waals surface area contributed by atoms with E-state index < -0.39 is 10.0 Å². The third kappa shape index (κ3) is 3.88. The Morgan fingerprint density at radius 2 is 2.00 bits per heavy atom. The Labute approximate surface area is 143 Å². The minimum Gasteiger partial charge on any atom is -0.305 e. The van der Waals surface area contributed by atoms with Crippen LogP contribution in [0.15, 0.2) is 32.0 Å². The van der Waals surface area contributed by atoms with Crippen LogP contribution < -0.4 is 0 Å². The maximum absolute atomic E-state index is 13.0. The van der Waals surface area contributed by atoms with Crippen molar-refractivity contribution in [1.82, 2.24) is 9.21 Å². The molecule has 7 heteroatoms. The quantitative estimate of drug-likeness (QED) is 0.725. The van der Waals surface area contributed by atoms with Gasteiger partial charge in [0, 0.05) is 28.1 Å². The van der Waals surface area contributed by atoms with Crippen molar-refractivity contribution in [3.63, 3.8) is 0 Å². The van der Waals surface area contributed by atoms with Gasteiger partial charge in [-0.1, -0.05) is 22.9 Å². The molecule has 0 aromatic heterocycles. The van der Waals surface area contributed by atoms with Crippen molar-refractivity contribution >= 4 is 41.9 Å². The zero-order valence-electron chi connectivity index (χ0n) is 12.2. The zero-order chi connectivity index (χ0) is 15.6. The molecular formula is C14H20Br2N2O2S. The molecule has 1 aliphatic heterocycles. The number of rotatable bonds is 3. The minimum atomic E-state index is -3.48. The number of likely N-dealkylation sites (N-methyl/N-ethyl adjacent to an activating group) is 1. The molecule has 1 aliphatic rings. The molecule has 1 saturated heterocycles. The SMILES string of the molecule is CCC1CN(C)CCCN1S(=O)(=O)c1ccc(Br)cc1Br. The first-order chi connectivity index (χ1) is 9.86.